The standard InChI is InChI=1S/C24H30N4O2/c1-6-28(7-2)24(30)18-10-13-21-20(14-18)22(23(29)26-21)16(3)25-19-11-8-17(9-12-19)15-27(4)5/h8-14,25H,6-7,15H2,1-5H3,(H,26,29). The molecule has 0 bridgehead atoms. The normalized spacial score (nSPS) is 14.4. The van der Waals surface area contributed by atoms with E-state index in [0.29, 0.717) is 24.2 Å². The van der Waals surface area contributed by atoms with Gasteiger partial charge in [0.05, 0.1) is 5.57 Å². The van der Waals surface area contributed by atoms with Gasteiger partial charge in [0.15, 0.2) is 0 Å². The Labute approximate surface area is 178 Å². The van der Waals surface area contributed by atoms with Gasteiger partial charge < -0.3 is 20.4 Å². The maximum atomic E-state index is 12.7. The maximum Gasteiger partial charge on any atom is 0.258 e. The van der Waals surface area contributed by atoms with Gasteiger partial charge in [-0.2, -0.15) is 0 Å². The summed E-state index contributed by atoms with van der Waals surface area (Å²) in [7, 11) is 4.08. The number of nitrogens with one attached hydrogen (secondary N) is 2. The first kappa shape index (κ1) is 21.6. The van der Waals surface area contributed by atoms with Crippen molar-refractivity contribution in [2.24, 2.45) is 0 Å². The molecule has 0 saturated carbocycles. The molecule has 3 rings (SSSR count). The zero-order valence-electron chi connectivity index (χ0n) is 18.4. The average molecular weight is 407 g/mol. The van der Waals surface area contributed by atoms with E-state index in [9.17, 15) is 9.59 Å². The summed E-state index contributed by atoms with van der Waals surface area (Å²) in [5.74, 6) is -0.185. The highest BCUT2D eigenvalue weighted by Crippen LogP contribution is 2.35. The van der Waals surface area contributed by atoms with Gasteiger partial charge in [-0.05, 0) is 70.8 Å². The van der Waals surface area contributed by atoms with E-state index in [4.69, 9.17) is 0 Å². The van der Waals surface area contributed by atoms with Crippen LogP contribution in [0.4, 0.5) is 11.4 Å². The molecule has 0 aliphatic carbocycles. The third kappa shape index (κ3) is 4.54. The number of nitrogens with zero attached hydrogens (tertiary/aromatic N) is 2. The van der Waals surface area contributed by atoms with E-state index in [-0.39, 0.29) is 11.8 Å². The predicted octanol–water partition coefficient (Wildman–Crippen LogP) is 4.03. The smallest absolute Gasteiger partial charge is 0.258 e. The molecule has 0 saturated heterocycles. The number of allylic oxidation sites excluding steroid dienone is 1. The lowest BCUT2D eigenvalue weighted by molar-refractivity contribution is -0.110. The fourth-order valence-corrected chi connectivity index (χ4v) is 3.70. The Morgan fingerprint density at radius 2 is 1.70 bits per heavy atom. The summed E-state index contributed by atoms with van der Waals surface area (Å²) in [6, 6.07) is 13.6. The summed E-state index contributed by atoms with van der Waals surface area (Å²) < 4.78 is 0. The number of carbonyl (C=O) groups is 2. The molecule has 30 heavy (non-hydrogen) atoms. The van der Waals surface area contributed by atoms with Gasteiger partial charge in [-0.25, -0.2) is 0 Å². The van der Waals surface area contributed by atoms with E-state index >= 15 is 0 Å². The first-order chi connectivity index (χ1) is 14.3. The van der Waals surface area contributed by atoms with Crippen molar-refractivity contribution >= 4 is 28.8 Å². The average Bonchev–Trinajstić information content (AvgIpc) is 3.04. The molecule has 2 amide bonds. The van der Waals surface area contributed by atoms with Crippen LogP contribution in [0.1, 0.15) is 42.3 Å². The third-order valence-electron chi connectivity index (χ3n) is 5.22. The Hall–Kier alpha value is -3.12. The van der Waals surface area contributed by atoms with Gasteiger partial charge in [0.25, 0.3) is 11.8 Å². The van der Waals surface area contributed by atoms with Crippen LogP contribution in [0.5, 0.6) is 0 Å². The summed E-state index contributed by atoms with van der Waals surface area (Å²) in [5.41, 5.74) is 5.53. The van der Waals surface area contributed by atoms with Crippen LogP contribution in [0.2, 0.25) is 0 Å². The Balaban J connectivity index is 1.89. The van der Waals surface area contributed by atoms with Crippen molar-refractivity contribution < 1.29 is 9.59 Å². The second kappa shape index (κ2) is 9.13. The monoisotopic (exact) mass is 406 g/mol. The fourth-order valence-electron chi connectivity index (χ4n) is 3.70. The zero-order valence-corrected chi connectivity index (χ0v) is 18.4. The van der Waals surface area contributed by atoms with E-state index < -0.39 is 0 Å². The van der Waals surface area contributed by atoms with Gasteiger partial charge in [0, 0.05) is 47.8 Å². The highest BCUT2D eigenvalue weighted by Gasteiger charge is 2.28. The Morgan fingerprint density at radius 1 is 1.03 bits per heavy atom. The first-order valence-corrected chi connectivity index (χ1v) is 10.3. The lowest BCUT2D eigenvalue weighted by atomic mass is 10.0. The molecule has 2 aromatic rings. The molecule has 1 aliphatic rings. The number of fused-ring (bicyclic) bond motifs is 1. The number of amides is 2. The molecule has 1 aliphatic heterocycles. The molecule has 158 valence electrons. The number of rotatable bonds is 7. The van der Waals surface area contributed by atoms with Crippen molar-refractivity contribution in [3.8, 4) is 0 Å². The van der Waals surface area contributed by atoms with Gasteiger partial charge in [0.1, 0.15) is 0 Å². The van der Waals surface area contributed by atoms with Crippen molar-refractivity contribution in [3.63, 3.8) is 0 Å². The second-order valence-corrected chi connectivity index (χ2v) is 7.75. The zero-order chi connectivity index (χ0) is 21.8. The van der Waals surface area contributed by atoms with Crippen LogP contribution in [-0.2, 0) is 11.3 Å². The molecule has 2 N–H and O–H groups in total. The van der Waals surface area contributed by atoms with Crippen LogP contribution < -0.4 is 10.6 Å². The van der Waals surface area contributed by atoms with Crippen molar-refractivity contribution in [3.05, 3.63) is 64.9 Å². The quantitative estimate of drug-likeness (QED) is 0.682. The fraction of sp³-hybridized carbons (Fsp3) is 0.333. The maximum absolute atomic E-state index is 12.7. The summed E-state index contributed by atoms with van der Waals surface area (Å²) in [5, 5.41) is 6.24. The molecule has 0 atom stereocenters. The molecule has 0 spiro atoms. The highest BCUT2D eigenvalue weighted by atomic mass is 16.2. The summed E-state index contributed by atoms with van der Waals surface area (Å²) in [6.45, 7) is 7.98. The number of benzene rings is 2. The van der Waals surface area contributed by atoms with Crippen LogP contribution in [-0.4, -0.2) is 48.8 Å². The minimum absolute atomic E-state index is 0.0245. The lowest BCUT2D eigenvalue weighted by Crippen LogP contribution is -2.30. The van der Waals surface area contributed by atoms with E-state index in [1.165, 1.54) is 5.56 Å². The third-order valence-corrected chi connectivity index (χ3v) is 5.22. The number of hydrogen-bond acceptors (Lipinski definition) is 4. The van der Waals surface area contributed by atoms with Crippen molar-refractivity contribution in [1.29, 1.82) is 0 Å². The summed E-state index contributed by atoms with van der Waals surface area (Å²) in [6.07, 6.45) is 0. The van der Waals surface area contributed by atoms with Crippen molar-refractivity contribution in [1.82, 2.24) is 9.80 Å². The topological polar surface area (TPSA) is 64.7 Å². The van der Waals surface area contributed by atoms with E-state index in [2.05, 4.69) is 27.7 Å². The molecular weight excluding hydrogens is 376 g/mol. The Morgan fingerprint density at radius 3 is 2.30 bits per heavy atom. The van der Waals surface area contributed by atoms with E-state index in [0.717, 1.165) is 29.2 Å². The molecular formula is C24H30N4O2. The van der Waals surface area contributed by atoms with Crippen LogP contribution in [0.3, 0.4) is 0 Å². The lowest BCUT2D eigenvalue weighted by Gasteiger charge is -2.19. The SMILES string of the molecule is CCN(CC)C(=O)c1ccc2c(c1)C(=C(C)Nc1ccc(CN(C)C)cc1)C(=O)N2. The number of carbonyl (C=O) groups excluding carboxylic acids is 2. The molecule has 1 heterocycles. The Bertz CT molecular complexity index is 973. The predicted molar refractivity (Wildman–Crippen MR) is 122 cm³/mol. The second-order valence-electron chi connectivity index (χ2n) is 7.75. The Kier molecular flexibility index (Phi) is 6.57. The molecule has 0 radical (unpaired) electrons. The molecule has 2 aromatic carbocycles. The molecule has 6 nitrogen and oxygen atoms in total. The van der Waals surface area contributed by atoms with Crippen molar-refractivity contribution in [2.75, 3.05) is 37.8 Å². The number of anilines is 2. The molecule has 0 unspecified atom stereocenters. The summed E-state index contributed by atoms with van der Waals surface area (Å²) in [4.78, 5) is 29.3. The van der Waals surface area contributed by atoms with Crippen LogP contribution in [0.25, 0.3) is 5.57 Å². The van der Waals surface area contributed by atoms with Crippen LogP contribution in [0, 0.1) is 0 Å². The van der Waals surface area contributed by atoms with E-state index in [1.807, 2.05) is 53.1 Å². The molecule has 6 heteroatoms. The largest absolute Gasteiger partial charge is 0.358 e. The number of hydrogen-bond donors (Lipinski definition) is 2. The summed E-state index contributed by atoms with van der Waals surface area (Å²) >= 11 is 0. The van der Waals surface area contributed by atoms with Gasteiger partial charge in [0.2, 0.25) is 0 Å². The van der Waals surface area contributed by atoms with E-state index in [1.54, 1.807) is 17.0 Å². The van der Waals surface area contributed by atoms with Crippen LogP contribution in [0.15, 0.2) is 48.2 Å². The highest BCUT2D eigenvalue weighted by molar-refractivity contribution is 6.32. The van der Waals surface area contributed by atoms with Gasteiger partial charge in [-0.1, -0.05) is 12.1 Å². The van der Waals surface area contributed by atoms with Crippen molar-refractivity contribution in [2.45, 2.75) is 27.3 Å². The molecule has 0 fully saturated rings. The minimum atomic E-state index is -0.160. The first-order valence-electron chi connectivity index (χ1n) is 10.3. The van der Waals surface area contributed by atoms with Gasteiger partial charge in [-0.15, -0.1) is 0 Å². The molecule has 0 aromatic heterocycles. The minimum Gasteiger partial charge on any atom is -0.358 e. The van der Waals surface area contributed by atoms with Crippen LogP contribution >= 0.6 is 0 Å². The van der Waals surface area contributed by atoms with Gasteiger partial charge in [-0.3, -0.25) is 9.59 Å². The van der Waals surface area contributed by atoms with Gasteiger partial charge >= 0.3 is 0 Å².